The summed E-state index contributed by atoms with van der Waals surface area (Å²) in [6.07, 6.45) is -0.0881. The zero-order chi connectivity index (χ0) is 27.6. The van der Waals surface area contributed by atoms with Crippen LogP contribution in [0.3, 0.4) is 0 Å². The Labute approximate surface area is 220 Å². The summed E-state index contributed by atoms with van der Waals surface area (Å²) in [5, 5.41) is 2.63. The van der Waals surface area contributed by atoms with Gasteiger partial charge in [-0.15, -0.1) is 0 Å². The standard InChI is InChI=1S/C27H23F3N4O5/c28-27(29,30)26(37)39-34-22-8-10-32-24(35)21(22)16-23(34)19-7-9-31-20(15-19)6-3-17-1-4-18(5-2-17)25(36)33-11-13-38-14-12-33/h1-7,9,15-16H,8,10-14H2,(H,32,35). The molecule has 1 fully saturated rings. The molecule has 0 unspecified atom stereocenters. The molecular formula is C27H23F3N4O5. The minimum Gasteiger partial charge on any atom is -0.378 e. The van der Waals surface area contributed by atoms with Crippen molar-refractivity contribution in [1.82, 2.24) is 19.9 Å². The van der Waals surface area contributed by atoms with E-state index < -0.39 is 18.1 Å². The predicted molar refractivity (Wildman–Crippen MR) is 133 cm³/mol. The summed E-state index contributed by atoms with van der Waals surface area (Å²) in [5.74, 6) is -2.92. The number of carbonyl (C=O) groups excluding carboxylic acids is 3. The van der Waals surface area contributed by atoms with Gasteiger partial charge in [0.05, 0.1) is 35.9 Å². The Morgan fingerprint density at radius 3 is 2.51 bits per heavy atom. The number of aromatic nitrogens is 2. The maximum atomic E-state index is 13.0. The van der Waals surface area contributed by atoms with Gasteiger partial charge in [-0.2, -0.15) is 17.9 Å². The molecule has 4 heterocycles. The van der Waals surface area contributed by atoms with E-state index in [-0.39, 0.29) is 35.8 Å². The highest BCUT2D eigenvalue weighted by Crippen LogP contribution is 2.29. The molecule has 0 spiro atoms. The lowest BCUT2D eigenvalue weighted by molar-refractivity contribution is -0.199. The monoisotopic (exact) mass is 540 g/mol. The summed E-state index contributed by atoms with van der Waals surface area (Å²) in [5.41, 5.74) is 2.65. The average Bonchev–Trinajstić information content (AvgIpc) is 3.31. The summed E-state index contributed by atoms with van der Waals surface area (Å²) in [7, 11) is 0. The number of alkyl halides is 3. The van der Waals surface area contributed by atoms with E-state index in [1.165, 1.54) is 12.3 Å². The molecule has 202 valence electrons. The van der Waals surface area contributed by atoms with Crippen molar-refractivity contribution in [3.63, 3.8) is 0 Å². The Morgan fingerprint density at radius 2 is 1.79 bits per heavy atom. The van der Waals surface area contributed by atoms with Crippen molar-refractivity contribution < 1.29 is 37.1 Å². The minimum atomic E-state index is -5.21. The number of hydrogen-bond acceptors (Lipinski definition) is 6. The number of ether oxygens (including phenoxy) is 1. The van der Waals surface area contributed by atoms with E-state index in [1.807, 2.05) is 0 Å². The highest BCUT2D eigenvalue weighted by molar-refractivity contribution is 5.98. The fourth-order valence-electron chi connectivity index (χ4n) is 4.36. The van der Waals surface area contributed by atoms with Gasteiger partial charge in [0.1, 0.15) is 0 Å². The van der Waals surface area contributed by atoms with E-state index in [9.17, 15) is 27.6 Å². The first-order chi connectivity index (χ1) is 18.7. The van der Waals surface area contributed by atoms with Gasteiger partial charge in [0.15, 0.2) is 0 Å². The number of halogens is 3. The second-order valence-corrected chi connectivity index (χ2v) is 8.90. The van der Waals surface area contributed by atoms with Crippen molar-refractivity contribution >= 4 is 29.9 Å². The van der Waals surface area contributed by atoms with Crippen molar-refractivity contribution in [2.45, 2.75) is 12.6 Å². The van der Waals surface area contributed by atoms with Crippen LogP contribution in [0.4, 0.5) is 13.2 Å². The number of amides is 2. The van der Waals surface area contributed by atoms with E-state index in [4.69, 9.17) is 9.57 Å². The molecule has 5 rings (SSSR count). The first kappa shape index (κ1) is 26.2. The number of carbonyl (C=O) groups is 3. The van der Waals surface area contributed by atoms with E-state index in [2.05, 4.69) is 10.3 Å². The molecule has 0 radical (unpaired) electrons. The lowest BCUT2D eigenvalue weighted by Crippen LogP contribution is -2.40. The highest BCUT2D eigenvalue weighted by Gasteiger charge is 2.43. The smallest absolute Gasteiger partial charge is 0.378 e. The van der Waals surface area contributed by atoms with Crippen molar-refractivity contribution in [3.8, 4) is 11.3 Å². The van der Waals surface area contributed by atoms with E-state index in [0.717, 1.165) is 10.3 Å². The van der Waals surface area contributed by atoms with Crippen LogP contribution in [0.15, 0.2) is 48.7 Å². The van der Waals surface area contributed by atoms with Crippen LogP contribution in [0, 0.1) is 0 Å². The number of benzene rings is 1. The Morgan fingerprint density at radius 1 is 1.05 bits per heavy atom. The predicted octanol–water partition coefficient (Wildman–Crippen LogP) is 3.00. The third-order valence-corrected chi connectivity index (χ3v) is 6.33. The Kier molecular flexibility index (Phi) is 7.20. The van der Waals surface area contributed by atoms with Gasteiger partial charge < -0.3 is 19.8 Å². The van der Waals surface area contributed by atoms with Gasteiger partial charge in [0.2, 0.25) is 0 Å². The van der Waals surface area contributed by atoms with Crippen molar-refractivity contribution in [2.24, 2.45) is 0 Å². The Hall–Kier alpha value is -4.45. The zero-order valence-corrected chi connectivity index (χ0v) is 20.5. The van der Waals surface area contributed by atoms with Crippen LogP contribution in [-0.2, 0) is 16.0 Å². The van der Waals surface area contributed by atoms with Crippen LogP contribution >= 0.6 is 0 Å². The highest BCUT2D eigenvalue weighted by atomic mass is 19.4. The van der Waals surface area contributed by atoms with Gasteiger partial charge in [-0.1, -0.05) is 18.2 Å². The van der Waals surface area contributed by atoms with E-state index >= 15 is 0 Å². The molecule has 1 N–H and O–H groups in total. The third kappa shape index (κ3) is 5.70. The number of nitrogens with zero attached hydrogens (tertiary/aromatic N) is 3. The molecule has 0 atom stereocenters. The van der Waals surface area contributed by atoms with E-state index in [1.54, 1.807) is 53.5 Å². The summed E-state index contributed by atoms with van der Waals surface area (Å²) in [6, 6.07) is 11.6. The molecule has 9 nitrogen and oxygen atoms in total. The van der Waals surface area contributed by atoms with Gasteiger partial charge in [0, 0.05) is 43.4 Å². The molecule has 0 bridgehead atoms. The number of nitrogens with one attached hydrogen (secondary N) is 1. The van der Waals surface area contributed by atoms with Gasteiger partial charge in [0.25, 0.3) is 11.8 Å². The van der Waals surface area contributed by atoms with Gasteiger partial charge >= 0.3 is 12.1 Å². The molecule has 0 saturated carbocycles. The van der Waals surface area contributed by atoms with Crippen molar-refractivity contribution in [3.05, 3.63) is 76.7 Å². The minimum absolute atomic E-state index is 0.0613. The zero-order valence-electron chi connectivity index (χ0n) is 20.5. The van der Waals surface area contributed by atoms with Crippen LogP contribution in [-0.4, -0.2) is 71.4 Å². The summed E-state index contributed by atoms with van der Waals surface area (Å²) < 4.78 is 44.9. The van der Waals surface area contributed by atoms with Crippen LogP contribution < -0.4 is 10.2 Å². The quantitative estimate of drug-likeness (QED) is 0.534. The van der Waals surface area contributed by atoms with Crippen LogP contribution in [0.1, 0.15) is 37.7 Å². The number of rotatable bonds is 5. The first-order valence-electron chi connectivity index (χ1n) is 12.1. The number of morpholine rings is 1. The molecule has 2 aromatic heterocycles. The second kappa shape index (κ2) is 10.7. The maximum absolute atomic E-state index is 13.0. The lowest BCUT2D eigenvalue weighted by atomic mass is 10.1. The molecule has 39 heavy (non-hydrogen) atoms. The SMILES string of the molecule is O=C1NCCc2c1cc(-c1ccnc(C=Cc3ccc(C(=O)N4CCOCC4)cc3)c1)n2OC(=O)C(F)(F)F. The fraction of sp³-hybridized carbons (Fsp3) is 0.259. The van der Waals surface area contributed by atoms with Crippen molar-refractivity contribution in [2.75, 3.05) is 32.8 Å². The topological polar surface area (TPSA) is 103 Å². The van der Waals surface area contributed by atoms with Gasteiger partial charge in [-0.25, -0.2) is 4.79 Å². The molecule has 12 heteroatoms. The number of hydrogen-bond donors (Lipinski definition) is 1. The third-order valence-electron chi connectivity index (χ3n) is 6.33. The van der Waals surface area contributed by atoms with E-state index in [0.29, 0.717) is 43.1 Å². The molecule has 3 aromatic rings. The summed E-state index contributed by atoms with van der Waals surface area (Å²) >= 11 is 0. The molecule has 2 aliphatic heterocycles. The fourth-order valence-corrected chi connectivity index (χ4v) is 4.36. The second-order valence-electron chi connectivity index (χ2n) is 8.90. The Bertz CT molecular complexity index is 1440. The maximum Gasteiger partial charge on any atom is 0.493 e. The van der Waals surface area contributed by atoms with Gasteiger partial charge in [-0.05, 0) is 42.0 Å². The van der Waals surface area contributed by atoms with Crippen LogP contribution in [0.5, 0.6) is 0 Å². The molecule has 0 aliphatic carbocycles. The van der Waals surface area contributed by atoms with Crippen LogP contribution in [0.25, 0.3) is 23.4 Å². The largest absolute Gasteiger partial charge is 0.493 e. The normalized spacial score (nSPS) is 15.7. The number of pyridine rings is 1. The molecule has 1 aromatic carbocycles. The molecule has 2 amide bonds. The Balaban J connectivity index is 1.39. The number of fused-ring (bicyclic) bond motifs is 1. The van der Waals surface area contributed by atoms with Crippen molar-refractivity contribution in [1.29, 1.82) is 0 Å². The molecular weight excluding hydrogens is 517 g/mol. The summed E-state index contributed by atoms with van der Waals surface area (Å²) in [6.45, 7) is 2.33. The summed E-state index contributed by atoms with van der Waals surface area (Å²) in [4.78, 5) is 47.3. The lowest BCUT2D eigenvalue weighted by Gasteiger charge is -2.26. The molecule has 1 saturated heterocycles. The average molecular weight is 540 g/mol. The first-order valence-corrected chi connectivity index (χ1v) is 12.1. The van der Waals surface area contributed by atoms with Gasteiger partial charge in [-0.3, -0.25) is 14.6 Å². The van der Waals surface area contributed by atoms with Crippen LogP contribution in [0.2, 0.25) is 0 Å². The molecule has 2 aliphatic rings.